The van der Waals surface area contributed by atoms with Gasteiger partial charge in [-0.05, 0) is 28.1 Å². The van der Waals surface area contributed by atoms with E-state index in [0.29, 0.717) is 21.4 Å². The van der Waals surface area contributed by atoms with Gasteiger partial charge in [0.25, 0.3) is 0 Å². The number of nitrogens with two attached hydrogens (primary N) is 2. The van der Waals surface area contributed by atoms with E-state index in [1.165, 1.54) is 32.4 Å². The largest absolute Gasteiger partial charge is 0.464 e. The van der Waals surface area contributed by atoms with Gasteiger partial charge >= 0.3 is 11.9 Å². The molecule has 0 aliphatic rings. The lowest BCUT2D eigenvalue weighted by atomic mass is 10.1. The van der Waals surface area contributed by atoms with Crippen molar-refractivity contribution in [3.8, 4) is 0 Å². The summed E-state index contributed by atoms with van der Waals surface area (Å²) >= 11 is 14.4. The molecule has 8 nitrogen and oxygen atoms in total. The first-order chi connectivity index (χ1) is 12.7. The molecule has 0 aromatic carbocycles. The summed E-state index contributed by atoms with van der Waals surface area (Å²) in [6, 6.07) is 2.89. The third-order valence-electron chi connectivity index (χ3n) is 2.98. The first-order valence-electron chi connectivity index (χ1n) is 7.02. The summed E-state index contributed by atoms with van der Waals surface area (Å²) in [5, 5.41) is 0.301. The molecule has 0 aliphatic carbocycles. The number of hydrogen-bond acceptors (Lipinski definition) is 8. The molecule has 0 saturated carbocycles. The first-order valence-corrected chi connectivity index (χ1v) is 8.57. The summed E-state index contributed by atoms with van der Waals surface area (Å²) in [5.74, 6) is -1.17. The molecule has 0 spiro atoms. The van der Waals surface area contributed by atoms with Gasteiger partial charge in [-0.25, -0.2) is 19.6 Å². The zero-order valence-electron chi connectivity index (χ0n) is 14.3. The van der Waals surface area contributed by atoms with Gasteiger partial charge in [-0.2, -0.15) is 0 Å². The second-order valence-electron chi connectivity index (χ2n) is 4.68. The molecule has 0 atom stereocenters. The summed E-state index contributed by atoms with van der Waals surface area (Å²) < 4.78 is 9.40. The topological polar surface area (TPSA) is 130 Å². The van der Waals surface area contributed by atoms with Gasteiger partial charge in [0.1, 0.15) is 10.3 Å². The highest BCUT2D eigenvalue weighted by Gasteiger charge is 2.16. The van der Waals surface area contributed by atoms with E-state index in [1.54, 1.807) is 0 Å². The van der Waals surface area contributed by atoms with E-state index in [9.17, 15) is 9.59 Å². The van der Waals surface area contributed by atoms with Gasteiger partial charge in [-0.1, -0.05) is 35.9 Å². The quantitative estimate of drug-likeness (QED) is 0.506. The predicted octanol–water partition coefficient (Wildman–Crippen LogP) is 3.61. The lowest BCUT2D eigenvalue weighted by molar-refractivity contribution is 0.0584. The molecule has 2 aromatic heterocycles. The average molecular weight is 478 g/mol. The van der Waals surface area contributed by atoms with Crippen LogP contribution in [0.3, 0.4) is 0 Å². The molecule has 2 rings (SSSR count). The van der Waals surface area contributed by atoms with E-state index in [-0.39, 0.29) is 21.7 Å². The fourth-order valence-corrected chi connectivity index (χ4v) is 2.53. The number of ether oxygens (including phenoxy) is 2. The molecule has 11 heteroatoms. The number of anilines is 2. The van der Waals surface area contributed by atoms with Gasteiger partial charge in [0, 0.05) is 11.3 Å². The summed E-state index contributed by atoms with van der Waals surface area (Å²) in [6.45, 7) is 3.53. The Bertz CT molecular complexity index is 893. The number of esters is 2. The molecule has 0 radical (unpaired) electrons. The number of carbonyl (C=O) groups is 2. The number of aromatic nitrogens is 2. The van der Waals surface area contributed by atoms with Gasteiger partial charge < -0.3 is 20.9 Å². The minimum Gasteiger partial charge on any atom is -0.464 e. The zero-order valence-corrected chi connectivity index (χ0v) is 17.4. The number of carbonyl (C=O) groups excluding carboxylic acids is 2. The minimum atomic E-state index is -0.589. The van der Waals surface area contributed by atoms with Crippen molar-refractivity contribution >= 4 is 68.5 Å². The van der Waals surface area contributed by atoms with E-state index < -0.39 is 11.9 Å². The average Bonchev–Trinajstić information content (AvgIpc) is 2.63. The summed E-state index contributed by atoms with van der Waals surface area (Å²) in [6.07, 6.45) is 1.44. The number of methoxy groups -OCH3 is 2. The van der Waals surface area contributed by atoms with Crippen LogP contribution in [0.4, 0.5) is 11.4 Å². The van der Waals surface area contributed by atoms with Crippen LogP contribution in [0.1, 0.15) is 26.5 Å². The second-order valence-corrected chi connectivity index (χ2v) is 6.25. The van der Waals surface area contributed by atoms with Crippen molar-refractivity contribution < 1.29 is 19.1 Å². The Hall–Kier alpha value is -2.36. The molecule has 0 aliphatic heterocycles. The highest BCUT2D eigenvalue weighted by atomic mass is 79.9. The van der Waals surface area contributed by atoms with E-state index >= 15 is 0 Å². The van der Waals surface area contributed by atoms with Crippen LogP contribution >= 0.6 is 39.1 Å². The number of nitrogens with zero attached hydrogens (tertiary/aromatic N) is 2. The molecular formula is C16H15BrCl2N4O4. The minimum absolute atomic E-state index is 0.0764. The monoisotopic (exact) mass is 476 g/mol. The van der Waals surface area contributed by atoms with Crippen molar-refractivity contribution in [3.63, 3.8) is 0 Å². The van der Waals surface area contributed by atoms with E-state index in [2.05, 4.69) is 42.0 Å². The summed E-state index contributed by atoms with van der Waals surface area (Å²) in [7, 11) is 2.52. The Balaban J connectivity index is 0.000000271. The predicted molar refractivity (Wildman–Crippen MR) is 108 cm³/mol. The molecular weight excluding hydrogens is 463 g/mol. The molecule has 0 amide bonds. The van der Waals surface area contributed by atoms with Crippen LogP contribution in [0.5, 0.6) is 0 Å². The Morgan fingerprint density at radius 3 is 1.96 bits per heavy atom. The highest BCUT2D eigenvalue weighted by molar-refractivity contribution is 9.10. The fraction of sp³-hybridized carbons (Fsp3) is 0.125. The molecule has 144 valence electrons. The molecule has 0 saturated heterocycles. The Kier molecular flexibility index (Phi) is 8.48. The number of halogens is 3. The van der Waals surface area contributed by atoms with Crippen LogP contribution in [0.2, 0.25) is 10.3 Å². The lowest BCUT2D eigenvalue weighted by Crippen LogP contribution is -2.09. The third-order valence-corrected chi connectivity index (χ3v) is 4.20. The van der Waals surface area contributed by atoms with Gasteiger partial charge in [0.2, 0.25) is 0 Å². The smallest absolute Gasteiger partial charge is 0.357 e. The molecule has 4 N–H and O–H groups in total. The van der Waals surface area contributed by atoms with E-state index in [4.69, 9.17) is 34.7 Å². The van der Waals surface area contributed by atoms with Crippen molar-refractivity contribution in [1.82, 2.24) is 9.97 Å². The normalized spacial score (nSPS) is 9.67. The Morgan fingerprint density at radius 1 is 1.04 bits per heavy atom. The number of rotatable bonds is 3. The SMILES string of the molecule is C=Cc1c(N)cc(Cl)nc1C(=O)OC.COC(=O)c1nc(Cl)cc(N)c1Br. The first kappa shape index (κ1) is 22.7. The second kappa shape index (κ2) is 10.1. The van der Waals surface area contributed by atoms with Gasteiger partial charge in [0.05, 0.1) is 24.4 Å². The number of pyridine rings is 2. The van der Waals surface area contributed by atoms with Crippen LogP contribution in [-0.4, -0.2) is 36.1 Å². The third kappa shape index (κ3) is 5.81. The van der Waals surface area contributed by atoms with Gasteiger partial charge in [0.15, 0.2) is 11.4 Å². The molecule has 0 bridgehead atoms. The molecule has 27 heavy (non-hydrogen) atoms. The van der Waals surface area contributed by atoms with Gasteiger partial charge in [-0.15, -0.1) is 0 Å². The Morgan fingerprint density at radius 2 is 1.48 bits per heavy atom. The van der Waals surface area contributed by atoms with Crippen molar-refractivity contribution in [2.45, 2.75) is 0 Å². The number of hydrogen-bond donors (Lipinski definition) is 2. The molecule has 0 unspecified atom stereocenters. The maximum Gasteiger partial charge on any atom is 0.357 e. The van der Waals surface area contributed by atoms with Crippen molar-refractivity contribution in [2.75, 3.05) is 25.7 Å². The summed E-state index contributed by atoms with van der Waals surface area (Å²) in [4.78, 5) is 29.9. The highest BCUT2D eigenvalue weighted by Crippen LogP contribution is 2.25. The Labute approximate surface area is 173 Å². The molecule has 2 aromatic rings. The molecule has 2 heterocycles. The van der Waals surface area contributed by atoms with Crippen LogP contribution < -0.4 is 11.5 Å². The van der Waals surface area contributed by atoms with Crippen LogP contribution in [-0.2, 0) is 9.47 Å². The van der Waals surface area contributed by atoms with Crippen molar-refractivity contribution in [1.29, 1.82) is 0 Å². The van der Waals surface area contributed by atoms with E-state index in [1.807, 2.05) is 0 Å². The summed E-state index contributed by atoms with van der Waals surface area (Å²) in [5.41, 5.74) is 12.4. The van der Waals surface area contributed by atoms with Crippen LogP contribution in [0, 0.1) is 0 Å². The number of nitrogen functional groups attached to an aromatic ring is 2. The lowest BCUT2D eigenvalue weighted by Gasteiger charge is -2.06. The van der Waals surface area contributed by atoms with E-state index in [0.717, 1.165) is 0 Å². The standard InChI is InChI=1S/C9H9ClN2O2.C7H6BrClN2O2/c1-3-5-6(11)4-7(10)12-8(5)9(13)14-2;1-13-7(12)6-5(8)3(10)2-4(9)11-6/h3-4H,1H2,2H3,(H2,11,12);2H,1H3,(H2,10,11). The maximum absolute atomic E-state index is 11.3. The zero-order chi connectivity index (χ0) is 20.7. The van der Waals surface area contributed by atoms with Gasteiger partial charge in [-0.3, -0.25) is 0 Å². The van der Waals surface area contributed by atoms with Crippen LogP contribution in [0.15, 0.2) is 23.2 Å². The van der Waals surface area contributed by atoms with Crippen LogP contribution in [0.25, 0.3) is 6.08 Å². The van der Waals surface area contributed by atoms with Crippen molar-refractivity contribution in [3.05, 3.63) is 50.4 Å². The van der Waals surface area contributed by atoms with Crippen molar-refractivity contribution in [2.24, 2.45) is 0 Å². The maximum atomic E-state index is 11.3. The fourth-order valence-electron chi connectivity index (χ4n) is 1.76. The molecule has 0 fully saturated rings.